The minimum Gasteiger partial charge on any atom is -0.366 e. The average molecular weight is 380 g/mol. The molecular weight excluding hydrogens is 346 g/mol. The van der Waals surface area contributed by atoms with Crippen molar-refractivity contribution in [3.8, 4) is 11.3 Å². The molecule has 4 heteroatoms. The van der Waals surface area contributed by atoms with E-state index in [1.54, 1.807) is 6.07 Å². The van der Waals surface area contributed by atoms with Gasteiger partial charge in [0.1, 0.15) is 0 Å². The molecule has 0 radical (unpaired) electrons. The lowest BCUT2D eigenvalue weighted by Crippen LogP contribution is -2.35. The summed E-state index contributed by atoms with van der Waals surface area (Å²) in [6.45, 7) is 10.00. The molecule has 1 fully saturated rings. The first-order chi connectivity index (χ1) is 13.2. The first kappa shape index (κ1) is 20.5. The third-order valence-corrected chi connectivity index (χ3v) is 6.10. The van der Waals surface area contributed by atoms with Crippen LogP contribution >= 0.6 is 0 Å². The second kappa shape index (κ2) is 8.44. The van der Waals surface area contributed by atoms with Crippen molar-refractivity contribution in [2.24, 2.45) is 17.1 Å². The van der Waals surface area contributed by atoms with E-state index in [0.29, 0.717) is 17.0 Å². The molecule has 1 amide bonds. The maximum absolute atomic E-state index is 11.4. The van der Waals surface area contributed by atoms with Crippen LogP contribution in [-0.2, 0) is 6.54 Å². The highest BCUT2D eigenvalue weighted by Gasteiger charge is 2.29. The topological polar surface area (TPSA) is 68.0 Å². The largest absolute Gasteiger partial charge is 0.366 e. The zero-order valence-electron chi connectivity index (χ0n) is 17.6. The van der Waals surface area contributed by atoms with E-state index in [4.69, 9.17) is 5.73 Å². The average Bonchev–Trinajstić information content (AvgIpc) is 2.66. The number of nitrogens with two attached hydrogens (primary N) is 1. The van der Waals surface area contributed by atoms with Gasteiger partial charge in [-0.1, -0.05) is 39.0 Å². The van der Waals surface area contributed by atoms with Gasteiger partial charge in [-0.25, -0.2) is 0 Å². The van der Waals surface area contributed by atoms with E-state index in [2.05, 4.69) is 44.1 Å². The second-order valence-electron chi connectivity index (χ2n) is 9.25. The van der Waals surface area contributed by atoms with E-state index in [1.165, 1.54) is 31.2 Å². The number of rotatable bonds is 5. The molecule has 1 saturated carbocycles. The van der Waals surface area contributed by atoms with Crippen molar-refractivity contribution in [2.45, 2.75) is 66.0 Å². The number of hydrogen-bond acceptors (Lipinski definition) is 3. The molecule has 4 nitrogen and oxygen atoms in total. The normalized spacial score (nSPS) is 20.1. The quantitative estimate of drug-likeness (QED) is 0.780. The number of carbonyl (C=O) groups is 1. The van der Waals surface area contributed by atoms with Crippen LogP contribution in [0.15, 0.2) is 36.5 Å². The fourth-order valence-electron chi connectivity index (χ4n) is 4.28. The number of aromatic nitrogens is 1. The van der Waals surface area contributed by atoms with Crippen LogP contribution in [0.25, 0.3) is 11.3 Å². The molecule has 3 rings (SSSR count). The summed E-state index contributed by atoms with van der Waals surface area (Å²) in [5.41, 5.74) is 10.5. The Morgan fingerprint density at radius 3 is 2.50 bits per heavy atom. The Hall–Kier alpha value is -2.20. The summed E-state index contributed by atoms with van der Waals surface area (Å²) in [5, 5.41) is 3.72. The summed E-state index contributed by atoms with van der Waals surface area (Å²) in [6, 6.07) is 10.1. The second-order valence-corrected chi connectivity index (χ2v) is 9.25. The number of benzene rings is 1. The highest BCUT2D eigenvalue weighted by molar-refractivity contribution is 5.94. The summed E-state index contributed by atoms with van der Waals surface area (Å²) >= 11 is 0. The lowest BCUT2D eigenvalue weighted by molar-refractivity contribution is 0.100. The van der Waals surface area contributed by atoms with Crippen LogP contribution in [0.5, 0.6) is 0 Å². The molecule has 2 aromatic rings. The van der Waals surface area contributed by atoms with Crippen LogP contribution in [0, 0.1) is 18.3 Å². The summed E-state index contributed by atoms with van der Waals surface area (Å²) in [7, 11) is 0. The highest BCUT2D eigenvalue weighted by atomic mass is 16.1. The molecule has 0 spiro atoms. The molecule has 0 saturated heterocycles. The van der Waals surface area contributed by atoms with Gasteiger partial charge in [0, 0.05) is 29.9 Å². The van der Waals surface area contributed by atoms with Crippen LogP contribution in [0.1, 0.15) is 67.9 Å². The smallest absolute Gasteiger partial charge is 0.248 e. The first-order valence-electron chi connectivity index (χ1n) is 10.3. The van der Waals surface area contributed by atoms with Crippen molar-refractivity contribution in [1.29, 1.82) is 0 Å². The van der Waals surface area contributed by atoms with Gasteiger partial charge >= 0.3 is 0 Å². The fourth-order valence-corrected chi connectivity index (χ4v) is 4.28. The summed E-state index contributed by atoms with van der Waals surface area (Å²) in [5.74, 6) is 0.423. The lowest BCUT2D eigenvalue weighted by atomic mass is 9.71. The van der Waals surface area contributed by atoms with Gasteiger partial charge in [-0.15, -0.1) is 0 Å². The predicted octanol–water partition coefficient (Wildman–Crippen LogP) is 4.85. The fraction of sp³-hybridized carbons (Fsp3) is 0.500. The van der Waals surface area contributed by atoms with Crippen molar-refractivity contribution in [2.75, 3.05) is 0 Å². The zero-order valence-corrected chi connectivity index (χ0v) is 17.6. The monoisotopic (exact) mass is 379 g/mol. The van der Waals surface area contributed by atoms with E-state index in [9.17, 15) is 4.79 Å². The van der Waals surface area contributed by atoms with Gasteiger partial charge < -0.3 is 11.1 Å². The molecule has 1 aromatic heterocycles. The number of nitrogens with zero attached hydrogens (tertiary/aromatic N) is 1. The van der Waals surface area contributed by atoms with Gasteiger partial charge in [0.2, 0.25) is 5.91 Å². The minimum absolute atomic E-state index is 0.415. The Balaban J connectivity index is 1.61. The van der Waals surface area contributed by atoms with E-state index >= 15 is 0 Å². The van der Waals surface area contributed by atoms with Crippen molar-refractivity contribution >= 4 is 5.91 Å². The molecule has 3 N–H and O–H groups in total. The molecule has 28 heavy (non-hydrogen) atoms. The molecule has 1 aliphatic carbocycles. The summed E-state index contributed by atoms with van der Waals surface area (Å²) in [4.78, 5) is 16.1. The van der Waals surface area contributed by atoms with E-state index < -0.39 is 5.91 Å². The van der Waals surface area contributed by atoms with Gasteiger partial charge in [-0.2, -0.15) is 0 Å². The zero-order chi connectivity index (χ0) is 20.3. The Bertz CT molecular complexity index is 830. The first-order valence-corrected chi connectivity index (χ1v) is 10.3. The standard InChI is InChI=1S/C24H33N3O/c1-16-12-17(14-26-21-10-8-20(9-11-21)24(2,3)4)15-27-22(16)18-6-5-7-19(13-18)23(25)28/h5-7,12-13,15,20-21,26H,8-11,14H2,1-4H3,(H2,25,28). The summed E-state index contributed by atoms with van der Waals surface area (Å²) in [6.07, 6.45) is 7.08. The molecule has 0 bridgehead atoms. The molecular formula is C24H33N3O. The predicted molar refractivity (Wildman–Crippen MR) is 115 cm³/mol. The molecule has 1 aromatic carbocycles. The van der Waals surface area contributed by atoms with Gasteiger partial charge in [0.05, 0.1) is 5.69 Å². The Morgan fingerprint density at radius 2 is 1.89 bits per heavy atom. The van der Waals surface area contributed by atoms with Gasteiger partial charge in [0.15, 0.2) is 0 Å². The number of amides is 1. The maximum Gasteiger partial charge on any atom is 0.248 e. The Labute approximate surface area is 168 Å². The van der Waals surface area contributed by atoms with Gasteiger partial charge in [-0.05, 0) is 67.2 Å². The van der Waals surface area contributed by atoms with Crippen LogP contribution in [0.3, 0.4) is 0 Å². The number of aryl methyl sites for hydroxylation is 1. The van der Waals surface area contributed by atoms with E-state index in [-0.39, 0.29) is 0 Å². The van der Waals surface area contributed by atoms with Gasteiger partial charge in [0.25, 0.3) is 0 Å². The molecule has 0 unspecified atom stereocenters. The van der Waals surface area contributed by atoms with Crippen molar-refractivity contribution < 1.29 is 4.79 Å². The lowest BCUT2D eigenvalue weighted by Gasteiger charge is -2.37. The van der Waals surface area contributed by atoms with E-state index in [1.807, 2.05) is 24.4 Å². The van der Waals surface area contributed by atoms with Gasteiger partial charge in [-0.3, -0.25) is 9.78 Å². The van der Waals surface area contributed by atoms with E-state index in [0.717, 1.165) is 29.3 Å². The molecule has 150 valence electrons. The SMILES string of the molecule is Cc1cc(CNC2CCC(C(C)(C)C)CC2)cnc1-c1cccc(C(N)=O)c1. The number of primary amides is 1. The molecule has 1 aliphatic rings. The highest BCUT2D eigenvalue weighted by Crippen LogP contribution is 2.37. The molecule has 0 atom stereocenters. The van der Waals surface area contributed by atoms with Crippen molar-refractivity contribution in [1.82, 2.24) is 10.3 Å². The summed E-state index contributed by atoms with van der Waals surface area (Å²) < 4.78 is 0. The van der Waals surface area contributed by atoms with Crippen LogP contribution in [0.4, 0.5) is 0 Å². The van der Waals surface area contributed by atoms with Crippen molar-refractivity contribution in [3.63, 3.8) is 0 Å². The Kier molecular flexibility index (Phi) is 6.19. The van der Waals surface area contributed by atoms with Crippen LogP contribution in [0.2, 0.25) is 0 Å². The van der Waals surface area contributed by atoms with Crippen LogP contribution in [-0.4, -0.2) is 16.9 Å². The number of hydrogen-bond donors (Lipinski definition) is 2. The van der Waals surface area contributed by atoms with Crippen molar-refractivity contribution in [3.05, 3.63) is 53.2 Å². The third kappa shape index (κ3) is 4.99. The third-order valence-electron chi connectivity index (χ3n) is 6.10. The number of nitrogens with one attached hydrogen (secondary N) is 1. The number of carbonyl (C=O) groups excluding carboxylic acids is 1. The van der Waals surface area contributed by atoms with Crippen LogP contribution < -0.4 is 11.1 Å². The molecule has 1 heterocycles. The minimum atomic E-state index is -0.415. The molecule has 0 aliphatic heterocycles. The Morgan fingerprint density at radius 1 is 1.18 bits per heavy atom. The maximum atomic E-state index is 11.4. The number of pyridine rings is 1.